The van der Waals surface area contributed by atoms with Gasteiger partial charge in [-0.25, -0.2) is 0 Å². The number of ether oxygens (including phenoxy) is 3. The van der Waals surface area contributed by atoms with Gasteiger partial charge in [-0.1, -0.05) is 48.5 Å². The van der Waals surface area contributed by atoms with E-state index in [0.29, 0.717) is 22.8 Å². The van der Waals surface area contributed by atoms with Crippen LogP contribution < -0.4 is 19.5 Å². The first kappa shape index (κ1) is 28.9. The van der Waals surface area contributed by atoms with Gasteiger partial charge >= 0.3 is 0 Å². The van der Waals surface area contributed by atoms with E-state index in [2.05, 4.69) is 27.9 Å². The van der Waals surface area contributed by atoms with Crippen LogP contribution in [0.2, 0.25) is 0 Å². The van der Waals surface area contributed by atoms with Crippen LogP contribution >= 0.6 is 22.6 Å². The summed E-state index contributed by atoms with van der Waals surface area (Å²) in [6, 6.07) is 21.5. The molecule has 0 radical (unpaired) electrons. The van der Waals surface area contributed by atoms with Crippen LogP contribution in [0.1, 0.15) is 17.5 Å². The third kappa shape index (κ3) is 7.00. The van der Waals surface area contributed by atoms with E-state index in [0.717, 1.165) is 14.7 Å². The van der Waals surface area contributed by atoms with Crippen LogP contribution in [0, 0.1) is 3.57 Å². The van der Waals surface area contributed by atoms with E-state index in [1.54, 1.807) is 23.1 Å². The fourth-order valence-electron chi connectivity index (χ4n) is 4.96. The number of amides is 2. The Hall–Kier alpha value is -3.61. The number of carbonyl (C=O) groups excluding carboxylic acids is 2. The average molecular weight is 670 g/mol. The highest BCUT2D eigenvalue weighted by Crippen LogP contribution is 2.35. The van der Waals surface area contributed by atoms with E-state index in [9.17, 15) is 19.8 Å². The van der Waals surface area contributed by atoms with Crippen molar-refractivity contribution in [2.45, 2.75) is 37.6 Å². The number of benzene rings is 3. The number of carbonyl (C=O) groups is 2. The number of para-hydroxylation sites is 1. The number of rotatable bonds is 10. The van der Waals surface area contributed by atoms with E-state index in [1.807, 2.05) is 60.7 Å². The molecular formula is C31H31IN2O7. The summed E-state index contributed by atoms with van der Waals surface area (Å²) in [6.45, 7) is 0.175. The maximum absolute atomic E-state index is 13.9. The van der Waals surface area contributed by atoms with Crippen molar-refractivity contribution in [2.75, 3.05) is 19.9 Å². The van der Waals surface area contributed by atoms with Crippen LogP contribution in [-0.4, -0.2) is 65.1 Å². The van der Waals surface area contributed by atoms with Crippen LogP contribution in [0.5, 0.6) is 17.2 Å². The topological polar surface area (TPSA) is 118 Å². The minimum atomic E-state index is -1.13. The highest BCUT2D eigenvalue weighted by Gasteiger charge is 2.40. The van der Waals surface area contributed by atoms with Gasteiger partial charge in [-0.05, 0) is 64.1 Å². The second-order valence-electron chi connectivity index (χ2n) is 9.82. The minimum absolute atomic E-state index is 0.0827. The van der Waals surface area contributed by atoms with Gasteiger partial charge in [-0.3, -0.25) is 9.59 Å². The summed E-state index contributed by atoms with van der Waals surface area (Å²) in [5, 5.41) is 23.6. The molecule has 1 aliphatic heterocycles. The number of hydrogen-bond donors (Lipinski definition) is 3. The highest BCUT2D eigenvalue weighted by molar-refractivity contribution is 14.1. The third-order valence-corrected chi connectivity index (χ3v) is 7.91. The molecule has 41 heavy (non-hydrogen) atoms. The molecule has 0 aromatic heterocycles. The molecule has 3 N–H and O–H groups in total. The molecule has 0 spiro atoms. The van der Waals surface area contributed by atoms with Crippen LogP contribution in [0.4, 0.5) is 0 Å². The molecule has 2 amide bonds. The van der Waals surface area contributed by atoms with Gasteiger partial charge in [0, 0.05) is 25.1 Å². The maximum Gasteiger partial charge on any atom is 0.247 e. The number of aliphatic hydroxyl groups is 2. The van der Waals surface area contributed by atoms with Crippen LogP contribution in [0.3, 0.4) is 0 Å². The predicted molar refractivity (Wildman–Crippen MR) is 159 cm³/mol. The standard InChI is InChI=1S/C31H31IN2O7/c32-23-8-4-5-9-25(23)41-28-17-22(31(38)33-12-13-35)16-24(30(28)37)34(29(36)15-20-6-2-1-3-7-20)18-21-10-11-26-27(14-21)40-19-39-26/h1-11,14,17,24,28,30,35,37H,12-13,15-16,18-19H2,(H,33,38). The zero-order valence-electron chi connectivity index (χ0n) is 22.2. The van der Waals surface area contributed by atoms with Gasteiger partial charge in [-0.15, -0.1) is 0 Å². The largest absolute Gasteiger partial charge is 0.482 e. The second kappa shape index (κ2) is 13.4. The van der Waals surface area contributed by atoms with Crippen molar-refractivity contribution in [1.82, 2.24) is 10.2 Å². The summed E-state index contributed by atoms with van der Waals surface area (Å²) >= 11 is 2.15. The zero-order valence-corrected chi connectivity index (χ0v) is 24.4. The first-order valence-corrected chi connectivity index (χ1v) is 14.4. The molecule has 3 aromatic carbocycles. The van der Waals surface area contributed by atoms with E-state index >= 15 is 0 Å². The van der Waals surface area contributed by atoms with Crippen molar-refractivity contribution in [3.63, 3.8) is 0 Å². The monoisotopic (exact) mass is 670 g/mol. The Morgan fingerprint density at radius 2 is 1.76 bits per heavy atom. The number of halogens is 1. The highest BCUT2D eigenvalue weighted by atomic mass is 127. The molecule has 3 unspecified atom stereocenters. The molecular weight excluding hydrogens is 639 g/mol. The van der Waals surface area contributed by atoms with E-state index in [4.69, 9.17) is 14.2 Å². The van der Waals surface area contributed by atoms with E-state index in [-0.39, 0.29) is 51.1 Å². The van der Waals surface area contributed by atoms with Gasteiger partial charge < -0.3 is 34.6 Å². The summed E-state index contributed by atoms with van der Waals surface area (Å²) in [6.07, 6.45) is -0.198. The Labute approximate surface area is 251 Å². The Bertz CT molecular complexity index is 1410. The van der Waals surface area contributed by atoms with Crippen molar-refractivity contribution >= 4 is 34.4 Å². The van der Waals surface area contributed by atoms with Gasteiger partial charge in [0.2, 0.25) is 18.6 Å². The van der Waals surface area contributed by atoms with Crippen LogP contribution in [0.15, 0.2) is 84.4 Å². The molecule has 3 aromatic rings. The smallest absolute Gasteiger partial charge is 0.247 e. The van der Waals surface area contributed by atoms with Crippen molar-refractivity contribution in [3.8, 4) is 17.2 Å². The lowest BCUT2D eigenvalue weighted by atomic mass is 9.87. The van der Waals surface area contributed by atoms with Gasteiger partial charge in [0.15, 0.2) is 11.5 Å². The molecule has 214 valence electrons. The molecule has 0 fully saturated rings. The van der Waals surface area contributed by atoms with Gasteiger partial charge in [0.1, 0.15) is 18.0 Å². The molecule has 0 saturated carbocycles. The molecule has 0 bridgehead atoms. The summed E-state index contributed by atoms with van der Waals surface area (Å²) in [5.41, 5.74) is 1.99. The number of nitrogens with one attached hydrogen (secondary N) is 1. The first-order valence-electron chi connectivity index (χ1n) is 13.3. The normalized spacial score (nSPS) is 19.3. The number of aliphatic hydroxyl groups excluding tert-OH is 2. The quantitative estimate of drug-likeness (QED) is 0.284. The van der Waals surface area contributed by atoms with Crippen LogP contribution in [0.25, 0.3) is 0 Å². The maximum atomic E-state index is 13.9. The average Bonchev–Trinajstić information content (AvgIpc) is 3.45. The summed E-state index contributed by atoms with van der Waals surface area (Å²) < 4.78 is 18.1. The third-order valence-electron chi connectivity index (χ3n) is 7.02. The predicted octanol–water partition coefficient (Wildman–Crippen LogP) is 3.21. The van der Waals surface area contributed by atoms with Gasteiger partial charge in [-0.2, -0.15) is 0 Å². The van der Waals surface area contributed by atoms with Crippen molar-refractivity contribution < 1.29 is 34.0 Å². The summed E-state index contributed by atoms with van der Waals surface area (Å²) in [5.74, 6) is 1.19. The molecule has 1 heterocycles. The van der Waals surface area contributed by atoms with Crippen LogP contribution in [-0.2, 0) is 22.6 Å². The number of fused-ring (bicyclic) bond motifs is 1. The van der Waals surface area contributed by atoms with E-state index < -0.39 is 18.2 Å². The Morgan fingerprint density at radius 3 is 2.54 bits per heavy atom. The molecule has 10 heteroatoms. The van der Waals surface area contributed by atoms with E-state index in [1.165, 1.54) is 0 Å². The van der Waals surface area contributed by atoms with Crippen molar-refractivity contribution in [3.05, 3.63) is 99.1 Å². The molecule has 3 atom stereocenters. The fourth-order valence-corrected chi connectivity index (χ4v) is 5.48. The van der Waals surface area contributed by atoms with Gasteiger partial charge in [0.05, 0.1) is 22.6 Å². The molecule has 1 aliphatic carbocycles. The first-order chi connectivity index (χ1) is 19.9. The van der Waals surface area contributed by atoms with Crippen molar-refractivity contribution in [1.29, 1.82) is 0 Å². The SMILES string of the molecule is O=C(NCCO)C1=CC(Oc2ccccc2I)C(O)C(N(Cc2ccc3c(c2)OCO3)C(=O)Cc2ccccc2)C1. The lowest BCUT2D eigenvalue weighted by molar-refractivity contribution is -0.138. The summed E-state index contributed by atoms with van der Waals surface area (Å²) in [7, 11) is 0. The lowest BCUT2D eigenvalue weighted by Crippen LogP contribution is -2.55. The Morgan fingerprint density at radius 1 is 1.00 bits per heavy atom. The Kier molecular flexibility index (Phi) is 9.42. The zero-order chi connectivity index (χ0) is 28.8. The lowest BCUT2D eigenvalue weighted by Gasteiger charge is -2.40. The summed E-state index contributed by atoms with van der Waals surface area (Å²) in [4.78, 5) is 28.6. The Balaban J connectivity index is 1.49. The number of nitrogens with zero attached hydrogens (tertiary/aromatic N) is 1. The number of hydrogen-bond acceptors (Lipinski definition) is 7. The molecule has 9 nitrogen and oxygen atoms in total. The molecule has 2 aliphatic rings. The minimum Gasteiger partial charge on any atom is -0.482 e. The van der Waals surface area contributed by atoms with Crippen molar-refractivity contribution in [2.24, 2.45) is 0 Å². The molecule has 0 saturated heterocycles. The fraction of sp³-hybridized carbons (Fsp3) is 0.290. The second-order valence-corrected chi connectivity index (χ2v) is 11.0. The molecule has 5 rings (SSSR count). The van der Waals surface area contributed by atoms with Gasteiger partial charge in [0.25, 0.3) is 0 Å².